The smallest absolute Gasteiger partial charge is 0.302 e. The Morgan fingerprint density at radius 1 is 0.762 bits per heavy atom. The molecule has 0 saturated carbocycles. The number of esters is 1. The van der Waals surface area contributed by atoms with Gasteiger partial charge in [0.1, 0.15) is 0 Å². The third-order valence-corrected chi connectivity index (χ3v) is 3.71. The van der Waals surface area contributed by atoms with Gasteiger partial charge in [0.2, 0.25) is 0 Å². The topological polar surface area (TPSA) is 26.3 Å². The lowest BCUT2D eigenvalue weighted by molar-refractivity contribution is -0.141. The maximum atomic E-state index is 10.6. The summed E-state index contributed by atoms with van der Waals surface area (Å²) < 4.78 is 4.91. The third-order valence-electron chi connectivity index (χ3n) is 3.71. The molecule has 0 fully saturated rings. The van der Waals surface area contributed by atoms with E-state index in [9.17, 15) is 4.79 Å². The second kappa shape index (κ2) is 17.3. The standard InChI is InChI=1S/C19H36O2/c1-3-4-5-6-7-8-9-10-11-12-13-14-15-16-17-18-21-19(2)20/h10-11H,3-9,12-18H2,1-2H3/b11-10-. The van der Waals surface area contributed by atoms with Gasteiger partial charge in [0.15, 0.2) is 0 Å². The highest BCUT2D eigenvalue weighted by Gasteiger charge is 1.93. The van der Waals surface area contributed by atoms with Gasteiger partial charge in [-0.15, -0.1) is 0 Å². The fourth-order valence-electron chi connectivity index (χ4n) is 2.39. The molecule has 0 aromatic carbocycles. The lowest BCUT2D eigenvalue weighted by Crippen LogP contribution is -1.99. The fraction of sp³-hybridized carbons (Fsp3) is 0.842. The Morgan fingerprint density at radius 3 is 1.76 bits per heavy atom. The van der Waals surface area contributed by atoms with E-state index < -0.39 is 0 Å². The van der Waals surface area contributed by atoms with Crippen molar-refractivity contribution in [3.05, 3.63) is 12.2 Å². The molecule has 0 aliphatic carbocycles. The fourth-order valence-corrected chi connectivity index (χ4v) is 2.39. The van der Waals surface area contributed by atoms with Crippen molar-refractivity contribution in [3.8, 4) is 0 Å². The summed E-state index contributed by atoms with van der Waals surface area (Å²) in [4.78, 5) is 10.6. The first-order valence-electron chi connectivity index (χ1n) is 9.05. The summed E-state index contributed by atoms with van der Waals surface area (Å²) in [6, 6.07) is 0. The van der Waals surface area contributed by atoms with Gasteiger partial charge >= 0.3 is 5.97 Å². The van der Waals surface area contributed by atoms with Crippen LogP contribution in [0.15, 0.2) is 12.2 Å². The minimum absolute atomic E-state index is 0.162. The Kier molecular flexibility index (Phi) is 16.6. The van der Waals surface area contributed by atoms with Crippen LogP contribution in [0.25, 0.3) is 0 Å². The van der Waals surface area contributed by atoms with E-state index in [2.05, 4.69) is 19.1 Å². The first-order chi connectivity index (χ1) is 10.3. The number of rotatable bonds is 15. The van der Waals surface area contributed by atoms with Gasteiger partial charge < -0.3 is 4.74 Å². The van der Waals surface area contributed by atoms with Crippen LogP contribution in [-0.4, -0.2) is 12.6 Å². The molecule has 0 unspecified atom stereocenters. The summed E-state index contributed by atoms with van der Waals surface area (Å²) in [5.74, 6) is -0.162. The monoisotopic (exact) mass is 296 g/mol. The molecule has 0 saturated heterocycles. The Hall–Kier alpha value is -0.790. The maximum Gasteiger partial charge on any atom is 0.302 e. The van der Waals surface area contributed by atoms with Crippen molar-refractivity contribution in [2.24, 2.45) is 0 Å². The van der Waals surface area contributed by atoms with Crippen molar-refractivity contribution >= 4 is 5.97 Å². The lowest BCUT2D eigenvalue weighted by atomic mass is 10.1. The third kappa shape index (κ3) is 19.2. The summed E-state index contributed by atoms with van der Waals surface area (Å²) in [6.45, 7) is 4.33. The minimum atomic E-state index is -0.162. The largest absolute Gasteiger partial charge is 0.466 e. The molecule has 2 heteroatoms. The summed E-state index contributed by atoms with van der Waals surface area (Å²) >= 11 is 0. The summed E-state index contributed by atoms with van der Waals surface area (Å²) in [5, 5.41) is 0. The van der Waals surface area contributed by atoms with Crippen LogP contribution in [0.4, 0.5) is 0 Å². The van der Waals surface area contributed by atoms with E-state index in [4.69, 9.17) is 4.74 Å². The van der Waals surface area contributed by atoms with E-state index in [0.29, 0.717) is 6.61 Å². The molecule has 0 heterocycles. The van der Waals surface area contributed by atoms with Crippen molar-refractivity contribution in [1.29, 1.82) is 0 Å². The first kappa shape index (κ1) is 20.2. The van der Waals surface area contributed by atoms with Crippen LogP contribution in [0.2, 0.25) is 0 Å². The number of allylic oxidation sites excluding steroid dienone is 2. The van der Waals surface area contributed by atoms with E-state index in [0.717, 1.165) is 6.42 Å². The average molecular weight is 296 g/mol. The van der Waals surface area contributed by atoms with Crippen LogP contribution >= 0.6 is 0 Å². The van der Waals surface area contributed by atoms with Crippen molar-refractivity contribution in [2.75, 3.05) is 6.61 Å². The van der Waals surface area contributed by atoms with Gasteiger partial charge in [-0.25, -0.2) is 0 Å². The number of ether oxygens (including phenoxy) is 1. The number of hydrogen-bond acceptors (Lipinski definition) is 2. The quantitative estimate of drug-likeness (QED) is 0.204. The van der Waals surface area contributed by atoms with Crippen LogP contribution in [0, 0.1) is 0 Å². The molecule has 0 aromatic rings. The molecule has 0 rings (SSSR count). The average Bonchev–Trinajstić information content (AvgIpc) is 2.46. The predicted octanol–water partition coefficient (Wildman–Crippen LogP) is 6.20. The highest BCUT2D eigenvalue weighted by Crippen LogP contribution is 2.09. The van der Waals surface area contributed by atoms with E-state index in [-0.39, 0.29) is 5.97 Å². The van der Waals surface area contributed by atoms with Gasteiger partial charge in [0, 0.05) is 6.92 Å². The number of carbonyl (C=O) groups excluding carboxylic acids is 1. The summed E-state index contributed by atoms with van der Waals surface area (Å²) in [7, 11) is 0. The molecule has 0 aliphatic rings. The van der Waals surface area contributed by atoms with Crippen molar-refractivity contribution in [2.45, 2.75) is 97.3 Å². The van der Waals surface area contributed by atoms with E-state index in [1.54, 1.807) is 0 Å². The van der Waals surface area contributed by atoms with Gasteiger partial charge in [-0.1, -0.05) is 70.4 Å². The molecule has 0 bridgehead atoms. The molecule has 0 atom stereocenters. The van der Waals surface area contributed by atoms with Crippen LogP contribution in [0.5, 0.6) is 0 Å². The predicted molar refractivity (Wildman–Crippen MR) is 91.5 cm³/mol. The van der Waals surface area contributed by atoms with Crippen molar-refractivity contribution in [1.82, 2.24) is 0 Å². The Labute approximate surface area is 132 Å². The first-order valence-corrected chi connectivity index (χ1v) is 9.05. The number of carbonyl (C=O) groups is 1. The minimum Gasteiger partial charge on any atom is -0.466 e. The second-order valence-corrected chi connectivity index (χ2v) is 5.92. The van der Waals surface area contributed by atoms with Crippen LogP contribution < -0.4 is 0 Å². The Bertz CT molecular complexity index is 246. The number of hydrogen-bond donors (Lipinski definition) is 0. The van der Waals surface area contributed by atoms with Crippen LogP contribution in [-0.2, 0) is 9.53 Å². The Balaban J connectivity index is 3.07. The van der Waals surface area contributed by atoms with Gasteiger partial charge in [-0.3, -0.25) is 4.79 Å². The Morgan fingerprint density at radius 2 is 1.24 bits per heavy atom. The van der Waals surface area contributed by atoms with Gasteiger partial charge in [0.05, 0.1) is 6.61 Å². The maximum absolute atomic E-state index is 10.6. The number of unbranched alkanes of at least 4 members (excludes halogenated alkanes) is 11. The van der Waals surface area contributed by atoms with Crippen molar-refractivity contribution in [3.63, 3.8) is 0 Å². The molecule has 124 valence electrons. The van der Waals surface area contributed by atoms with Gasteiger partial charge in [-0.05, 0) is 32.1 Å². The highest BCUT2D eigenvalue weighted by atomic mass is 16.5. The highest BCUT2D eigenvalue weighted by molar-refractivity contribution is 5.65. The molecule has 2 nitrogen and oxygen atoms in total. The van der Waals surface area contributed by atoms with Crippen molar-refractivity contribution < 1.29 is 9.53 Å². The summed E-state index contributed by atoms with van der Waals surface area (Å²) in [6.07, 6.45) is 21.5. The zero-order valence-corrected chi connectivity index (χ0v) is 14.4. The zero-order chi connectivity index (χ0) is 15.6. The molecule has 0 amide bonds. The molecular weight excluding hydrogens is 260 g/mol. The molecule has 0 aromatic heterocycles. The molecule has 0 aliphatic heterocycles. The summed E-state index contributed by atoms with van der Waals surface area (Å²) in [5.41, 5.74) is 0. The zero-order valence-electron chi connectivity index (χ0n) is 14.4. The lowest BCUT2D eigenvalue weighted by Gasteiger charge is -2.01. The molecule has 0 radical (unpaired) electrons. The molecule has 21 heavy (non-hydrogen) atoms. The molecule has 0 spiro atoms. The molecular formula is C19H36O2. The van der Waals surface area contributed by atoms with E-state index in [1.807, 2.05) is 0 Å². The normalized spacial score (nSPS) is 11.1. The van der Waals surface area contributed by atoms with Crippen LogP contribution in [0.3, 0.4) is 0 Å². The second-order valence-electron chi connectivity index (χ2n) is 5.92. The SMILES string of the molecule is CCCCCCCC/C=C\CCCCCCCOC(C)=O. The van der Waals surface area contributed by atoms with Gasteiger partial charge in [0.25, 0.3) is 0 Å². The molecule has 0 N–H and O–H groups in total. The van der Waals surface area contributed by atoms with E-state index in [1.165, 1.54) is 84.0 Å². The van der Waals surface area contributed by atoms with E-state index >= 15 is 0 Å². The van der Waals surface area contributed by atoms with Gasteiger partial charge in [-0.2, -0.15) is 0 Å². The van der Waals surface area contributed by atoms with Crippen LogP contribution in [0.1, 0.15) is 97.3 Å².